The smallest absolute Gasteiger partial charge is 0.257 e. The highest BCUT2D eigenvalue weighted by atomic mass is 32.1. The largest absolute Gasteiger partial charge is 0.508 e. The van der Waals surface area contributed by atoms with Crippen LogP contribution in [0.15, 0.2) is 53.6 Å². The van der Waals surface area contributed by atoms with Gasteiger partial charge in [0.15, 0.2) is 5.13 Å². The molecule has 1 aromatic heterocycles. The number of nitriles is 1. The molecule has 0 spiro atoms. The first-order chi connectivity index (χ1) is 11.2. The number of nitrogens with zero attached hydrogens (tertiary/aromatic N) is 2. The van der Waals surface area contributed by atoms with Gasteiger partial charge >= 0.3 is 0 Å². The minimum absolute atomic E-state index is 0.114. The predicted molar refractivity (Wildman–Crippen MR) is 88.4 cm³/mol. The Balaban J connectivity index is 1.68. The van der Waals surface area contributed by atoms with Gasteiger partial charge in [-0.3, -0.25) is 10.1 Å². The zero-order valence-corrected chi connectivity index (χ0v) is 12.9. The first kappa shape index (κ1) is 15.0. The Bertz CT molecular complexity index is 828. The molecular formula is C17H13N3O2S. The van der Waals surface area contributed by atoms with Crippen molar-refractivity contribution in [3.8, 4) is 6.07 Å². The number of carbonyl (C=O) groups is 1. The Morgan fingerprint density at radius 3 is 2.83 bits per heavy atom. The molecule has 3 rings (SSSR count). The highest BCUT2D eigenvalue weighted by molar-refractivity contribution is 7.14. The molecule has 0 fully saturated rings. The van der Waals surface area contributed by atoms with E-state index in [1.54, 1.807) is 36.4 Å². The lowest BCUT2D eigenvalue weighted by Crippen LogP contribution is -2.11. The Morgan fingerprint density at radius 2 is 2.17 bits per heavy atom. The molecule has 0 bridgehead atoms. The Kier molecular flexibility index (Phi) is 4.22. The molecule has 5 nitrogen and oxygen atoms in total. The highest BCUT2D eigenvalue weighted by Gasteiger charge is 2.15. The maximum atomic E-state index is 12.2. The van der Waals surface area contributed by atoms with Crippen molar-refractivity contribution in [2.75, 3.05) is 5.32 Å². The predicted octanol–water partition coefficient (Wildman–Crippen LogP) is 3.75. The van der Waals surface area contributed by atoms with E-state index in [0.717, 1.165) is 5.69 Å². The third kappa shape index (κ3) is 3.47. The molecule has 0 saturated heterocycles. The monoisotopic (exact) mass is 323 g/mol. The second-order valence-corrected chi connectivity index (χ2v) is 5.91. The fraction of sp³-hybridized carbons (Fsp3) is 0.118. The number of amides is 1. The van der Waals surface area contributed by atoms with Crippen LogP contribution in [0.1, 0.15) is 34.0 Å². The van der Waals surface area contributed by atoms with E-state index in [1.165, 1.54) is 11.3 Å². The van der Waals surface area contributed by atoms with Crippen LogP contribution in [0.5, 0.6) is 0 Å². The minimum atomic E-state index is -0.257. The van der Waals surface area contributed by atoms with Crippen LogP contribution in [0.4, 0.5) is 5.13 Å². The van der Waals surface area contributed by atoms with Crippen molar-refractivity contribution >= 4 is 22.4 Å². The maximum Gasteiger partial charge on any atom is 0.257 e. The molecule has 1 aromatic carbocycles. The molecule has 0 saturated carbocycles. The molecular weight excluding hydrogens is 310 g/mol. The summed E-state index contributed by atoms with van der Waals surface area (Å²) in [4.78, 5) is 16.6. The van der Waals surface area contributed by atoms with E-state index in [0.29, 0.717) is 22.7 Å². The standard InChI is InChI=1S/C17H13N3O2S/c18-9-11-1-3-13(4-2-11)16(22)20-17-19-15(10-23-17)12-5-7-14(21)8-6-12/h1-5,7-8,10,12,21H,6H2,(H,19,20,22). The van der Waals surface area contributed by atoms with Crippen molar-refractivity contribution in [2.45, 2.75) is 12.3 Å². The van der Waals surface area contributed by atoms with Crippen LogP contribution in [0.25, 0.3) is 0 Å². The SMILES string of the molecule is N#Cc1ccc(C(=O)Nc2nc(C3C=CC(O)=CC3)cs2)cc1. The lowest BCUT2D eigenvalue weighted by atomic mass is 9.97. The Hall–Kier alpha value is -2.91. The third-order valence-corrected chi connectivity index (χ3v) is 4.25. The van der Waals surface area contributed by atoms with E-state index in [-0.39, 0.29) is 17.6 Å². The van der Waals surface area contributed by atoms with Gasteiger partial charge in [0.25, 0.3) is 5.91 Å². The van der Waals surface area contributed by atoms with Crippen LogP contribution in [-0.4, -0.2) is 16.0 Å². The lowest BCUT2D eigenvalue weighted by molar-refractivity contribution is 0.102. The van der Waals surface area contributed by atoms with Gasteiger partial charge in [-0.05, 0) is 42.8 Å². The Labute approximate surface area is 137 Å². The summed E-state index contributed by atoms with van der Waals surface area (Å²) in [7, 11) is 0. The van der Waals surface area contributed by atoms with E-state index in [9.17, 15) is 9.90 Å². The van der Waals surface area contributed by atoms with Crippen molar-refractivity contribution < 1.29 is 9.90 Å². The summed E-state index contributed by atoms with van der Waals surface area (Å²) < 4.78 is 0. The molecule has 0 aliphatic heterocycles. The second kappa shape index (κ2) is 6.46. The molecule has 1 atom stereocenters. The van der Waals surface area contributed by atoms with Crippen molar-refractivity contribution in [1.29, 1.82) is 5.26 Å². The molecule has 0 radical (unpaired) electrons. The molecule has 1 aliphatic carbocycles. The number of aromatic nitrogens is 1. The molecule has 1 unspecified atom stereocenters. The van der Waals surface area contributed by atoms with Gasteiger partial charge < -0.3 is 5.11 Å². The Morgan fingerprint density at radius 1 is 1.39 bits per heavy atom. The maximum absolute atomic E-state index is 12.2. The van der Waals surface area contributed by atoms with Gasteiger partial charge in [0.1, 0.15) is 5.76 Å². The van der Waals surface area contributed by atoms with Gasteiger partial charge in [0.05, 0.1) is 17.3 Å². The molecule has 114 valence electrons. The first-order valence-electron chi connectivity index (χ1n) is 7.00. The van der Waals surface area contributed by atoms with Crippen LogP contribution >= 0.6 is 11.3 Å². The van der Waals surface area contributed by atoms with Crippen LogP contribution in [0.2, 0.25) is 0 Å². The van der Waals surface area contributed by atoms with Crippen LogP contribution in [-0.2, 0) is 0 Å². The minimum Gasteiger partial charge on any atom is -0.508 e. The molecule has 6 heteroatoms. The highest BCUT2D eigenvalue weighted by Crippen LogP contribution is 2.29. The summed E-state index contributed by atoms with van der Waals surface area (Å²) in [5, 5.41) is 23.3. The van der Waals surface area contributed by atoms with Crippen molar-refractivity contribution in [3.63, 3.8) is 0 Å². The first-order valence-corrected chi connectivity index (χ1v) is 7.88. The zero-order valence-electron chi connectivity index (χ0n) is 12.1. The number of aliphatic hydroxyl groups excluding tert-OH is 1. The molecule has 2 N–H and O–H groups in total. The normalized spacial score (nSPS) is 16.5. The molecule has 2 aromatic rings. The number of benzene rings is 1. The molecule has 1 aliphatic rings. The van der Waals surface area contributed by atoms with Gasteiger partial charge in [-0.1, -0.05) is 6.08 Å². The number of aliphatic hydroxyl groups is 1. The summed E-state index contributed by atoms with van der Waals surface area (Å²) in [5.41, 5.74) is 1.86. The summed E-state index contributed by atoms with van der Waals surface area (Å²) in [6.45, 7) is 0. The summed E-state index contributed by atoms with van der Waals surface area (Å²) in [6, 6.07) is 8.45. The van der Waals surface area contributed by atoms with Crippen LogP contribution in [0, 0.1) is 11.3 Å². The van der Waals surface area contributed by atoms with E-state index in [4.69, 9.17) is 5.26 Å². The zero-order chi connectivity index (χ0) is 16.2. The van der Waals surface area contributed by atoms with Gasteiger partial charge in [0, 0.05) is 16.9 Å². The summed E-state index contributed by atoms with van der Waals surface area (Å²) in [6.07, 6.45) is 5.99. The number of rotatable bonds is 3. The van der Waals surface area contributed by atoms with E-state index >= 15 is 0 Å². The quantitative estimate of drug-likeness (QED) is 0.900. The van der Waals surface area contributed by atoms with E-state index < -0.39 is 0 Å². The van der Waals surface area contributed by atoms with Crippen molar-refractivity contribution in [1.82, 2.24) is 4.98 Å². The van der Waals surface area contributed by atoms with Crippen LogP contribution < -0.4 is 5.32 Å². The average molecular weight is 323 g/mol. The van der Waals surface area contributed by atoms with Gasteiger partial charge in [-0.25, -0.2) is 4.98 Å². The number of hydrogen-bond donors (Lipinski definition) is 2. The van der Waals surface area contributed by atoms with Gasteiger partial charge in [0.2, 0.25) is 0 Å². The number of carbonyl (C=O) groups excluding carboxylic acids is 1. The lowest BCUT2D eigenvalue weighted by Gasteiger charge is -2.11. The summed E-state index contributed by atoms with van der Waals surface area (Å²) in [5.74, 6) is 0.126. The molecule has 1 heterocycles. The number of anilines is 1. The fourth-order valence-corrected chi connectivity index (χ4v) is 2.98. The number of thiazole rings is 1. The van der Waals surface area contributed by atoms with Crippen molar-refractivity contribution in [3.05, 3.63) is 70.5 Å². The number of allylic oxidation sites excluding steroid dienone is 3. The average Bonchev–Trinajstić information content (AvgIpc) is 3.04. The third-order valence-electron chi connectivity index (χ3n) is 3.48. The fourth-order valence-electron chi connectivity index (χ4n) is 2.21. The van der Waals surface area contributed by atoms with E-state index in [2.05, 4.69) is 10.3 Å². The summed E-state index contributed by atoms with van der Waals surface area (Å²) >= 11 is 1.36. The van der Waals surface area contributed by atoms with Crippen LogP contribution in [0.3, 0.4) is 0 Å². The van der Waals surface area contributed by atoms with E-state index in [1.807, 2.05) is 17.5 Å². The molecule has 23 heavy (non-hydrogen) atoms. The van der Waals surface area contributed by atoms with Gasteiger partial charge in [-0.2, -0.15) is 5.26 Å². The topological polar surface area (TPSA) is 86.0 Å². The second-order valence-electron chi connectivity index (χ2n) is 5.05. The van der Waals surface area contributed by atoms with Gasteiger partial charge in [-0.15, -0.1) is 11.3 Å². The number of nitrogens with one attached hydrogen (secondary N) is 1. The molecule has 1 amide bonds. The van der Waals surface area contributed by atoms with Crippen molar-refractivity contribution in [2.24, 2.45) is 0 Å². The number of hydrogen-bond acceptors (Lipinski definition) is 5.